The highest BCUT2D eigenvalue weighted by atomic mass is 35.5. The Labute approximate surface area is 180 Å². The maximum absolute atomic E-state index is 12.6. The van der Waals surface area contributed by atoms with Crippen molar-refractivity contribution in [1.29, 1.82) is 0 Å². The third-order valence-corrected chi connectivity index (χ3v) is 5.62. The Balaban J connectivity index is 1.44. The Bertz CT molecular complexity index is 1260. The fourth-order valence-electron chi connectivity index (χ4n) is 2.60. The molecule has 0 aliphatic carbocycles. The standard InChI is InChI=1S/C21H13ClN4O3S/c22-18-15-6-1-2-7-17(15)30-19(18)21(28)29-14-5-3-4-13(10-14)11-25-26-20(27)16-12-23-8-9-24-16/h1-12H,(H,26,27). The molecule has 2 aromatic heterocycles. The van der Waals surface area contributed by atoms with E-state index in [4.69, 9.17) is 16.3 Å². The summed E-state index contributed by atoms with van der Waals surface area (Å²) in [5, 5.41) is 5.08. The van der Waals surface area contributed by atoms with Gasteiger partial charge in [-0.3, -0.25) is 9.78 Å². The number of nitrogens with zero attached hydrogens (tertiary/aromatic N) is 3. The summed E-state index contributed by atoms with van der Waals surface area (Å²) < 4.78 is 6.38. The Morgan fingerprint density at radius 1 is 1.13 bits per heavy atom. The summed E-state index contributed by atoms with van der Waals surface area (Å²) in [6.07, 6.45) is 5.65. The summed E-state index contributed by atoms with van der Waals surface area (Å²) in [5.41, 5.74) is 3.14. The number of hydrogen-bond donors (Lipinski definition) is 1. The van der Waals surface area contributed by atoms with Gasteiger partial charge < -0.3 is 4.74 Å². The number of fused-ring (bicyclic) bond motifs is 1. The van der Waals surface area contributed by atoms with Gasteiger partial charge in [0.2, 0.25) is 0 Å². The molecule has 2 aromatic carbocycles. The van der Waals surface area contributed by atoms with Crippen molar-refractivity contribution in [3.63, 3.8) is 0 Å². The second-order valence-corrected chi connectivity index (χ2v) is 7.42. The molecule has 0 aliphatic rings. The molecule has 148 valence electrons. The summed E-state index contributed by atoms with van der Waals surface area (Å²) in [6.45, 7) is 0. The molecule has 0 aliphatic heterocycles. The first-order chi connectivity index (χ1) is 14.6. The highest BCUT2D eigenvalue weighted by Crippen LogP contribution is 2.35. The summed E-state index contributed by atoms with van der Waals surface area (Å²) in [5.74, 6) is -0.690. The molecule has 1 N–H and O–H groups in total. The Morgan fingerprint density at radius 2 is 2.00 bits per heavy atom. The van der Waals surface area contributed by atoms with Crippen LogP contribution in [0.1, 0.15) is 25.7 Å². The van der Waals surface area contributed by atoms with Crippen LogP contribution >= 0.6 is 22.9 Å². The highest BCUT2D eigenvalue weighted by molar-refractivity contribution is 7.21. The SMILES string of the molecule is O=C(NN=Cc1cccc(OC(=O)c2sc3ccccc3c2Cl)c1)c1cnccn1. The predicted octanol–water partition coefficient (Wildman–Crippen LogP) is 4.33. The van der Waals surface area contributed by atoms with Crippen molar-refractivity contribution < 1.29 is 14.3 Å². The van der Waals surface area contributed by atoms with Crippen LogP contribution in [0.4, 0.5) is 0 Å². The largest absolute Gasteiger partial charge is 0.422 e. The van der Waals surface area contributed by atoms with Gasteiger partial charge in [-0.05, 0) is 23.8 Å². The number of hydrazone groups is 1. The number of thiophene rings is 1. The van der Waals surface area contributed by atoms with Gasteiger partial charge in [0.1, 0.15) is 16.3 Å². The summed E-state index contributed by atoms with van der Waals surface area (Å²) >= 11 is 7.62. The van der Waals surface area contributed by atoms with E-state index in [0.717, 1.165) is 10.1 Å². The van der Waals surface area contributed by atoms with Gasteiger partial charge in [-0.15, -0.1) is 11.3 Å². The van der Waals surface area contributed by atoms with E-state index in [-0.39, 0.29) is 5.69 Å². The first kappa shape index (κ1) is 19.7. The highest BCUT2D eigenvalue weighted by Gasteiger charge is 2.19. The second-order valence-electron chi connectivity index (χ2n) is 5.99. The van der Waals surface area contributed by atoms with Crippen LogP contribution in [-0.4, -0.2) is 28.1 Å². The van der Waals surface area contributed by atoms with E-state index in [2.05, 4.69) is 20.5 Å². The average Bonchev–Trinajstić information content (AvgIpc) is 3.11. The van der Waals surface area contributed by atoms with E-state index < -0.39 is 11.9 Å². The van der Waals surface area contributed by atoms with Crippen LogP contribution in [0.25, 0.3) is 10.1 Å². The lowest BCUT2D eigenvalue weighted by atomic mass is 10.2. The summed E-state index contributed by atoms with van der Waals surface area (Å²) in [6, 6.07) is 14.2. The second kappa shape index (κ2) is 8.81. The minimum absolute atomic E-state index is 0.151. The predicted molar refractivity (Wildman–Crippen MR) is 115 cm³/mol. The number of aromatic nitrogens is 2. The molecule has 4 rings (SSSR count). The molecule has 1 amide bonds. The lowest BCUT2D eigenvalue weighted by Gasteiger charge is -2.04. The number of carbonyl (C=O) groups excluding carboxylic acids is 2. The molecule has 0 saturated heterocycles. The van der Waals surface area contributed by atoms with E-state index in [0.29, 0.717) is 21.2 Å². The number of halogens is 1. The minimum atomic E-state index is -0.536. The Morgan fingerprint density at radius 3 is 2.80 bits per heavy atom. The van der Waals surface area contributed by atoms with E-state index in [9.17, 15) is 9.59 Å². The molecule has 7 nitrogen and oxygen atoms in total. The molecule has 30 heavy (non-hydrogen) atoms. The molecule has 0 unspecified atom stereocenters. The van der Waals surface area contributed by atoms with Gasteiger partial charge in [0, 0.05) is 22.5 Å². The number of esters is 1. The number of nitrogens with one attached hydrogen (secondary N) is 1. The molecule has 9 heteroatoms. The quantitative estimate of drug-likeness (QED) is 0.217. The van der Waals surface area contributed by atoms with Gasteiger partial charge in [0.15, 0.2) is 0 Å². The number of hydrogen-bond acceptors (Lipinski definition) is 7. The van der Waals surface area contributed by atoms with Gasteiger partial charge >= 0.3 is 5.97 Å². The smallest absolute Gasteiger partial charge is 0.355 e. The van der Waals surface area contributed by atoms with Crippen LogP contribution in [-0.2, 0) is 0 Å². The number of benzene rings is 2. The zero-order valence-electron chi connectivity index (χ0n) is 15.3. The van der Waals surface area contributed by atoms with E-state index in [1.54, 1.807) is 24.3 Å². The van der Waals surface area contributed by atoms with Gasteiger partial charge in [0.25, 0.3) is 5.91 Å². The van der Waals surface area contributed by atoms with Crippen molar-refractivity contribution in [3.05, 3.63) is 88.3 Å². The van der Waals surface area contributed by atoms with Crippen LogP contribution in [0, 0.1) is 0 Å². The molecule has 0 bridgehead atoms. The first-order valence-electron chi connectivity index (χ1n) is 8.70. The molecular weight excluding hydrogens is 424 g/mol. The normalized spacial score (nSPS) is 11.0. The number of carbonyl (C=O) groups is 2. The van der Waals surface area contributed by atoms with Crippen molar-refractivity contribution in [2.45, 2.75) is 0 Å². The van der Waals surface area contributed by atoms with Gasteiger partial charge in [-0.2, -0.15) is 5.10 Å². The average molecular weight is 437 g/mol. The van der Waals surface area contributed by atoms with Gasteiger partial charge in [0.05, 0.1) is 17.4 Å². The minimum Gasteiger partial charge on any atom is -0.422 e. The van der Waals surface area contributed by atoms with Crippen LogP contribution in [0.3, 0.4) is 0 Å². The van der Waals surface area contributed by atoms with Crippen LogP contribution in [0.15, 0.2) is 72.2 Å². The Hall–Kier alpha value is -3.62. The molecule has 0 fully saturated rings. The molecule has 0 spiro atoms. The van der Waals surface area contributed by atoms with Crippen molar-refractivity contribution in [2.75, 3.05) is 0 Å². The van der Waals surface area contributed by atoms with Crippen molar-refractivity contribution in [1.82, 2.24) is 15.4 Å². The molecule has 0 radical (unpaired) electrons. The number of rotatable bonds is 5. The molecule has 0 atom stereocenters. The molecule has 4 aromatic rings. The molecular formula is C21H13ClN4O3S. The zero-order valence-corrected chi connectivity index (χ0v) is 16.9. The van der Waals surface area contributed by atoms with E-state index >= 15 is 0 Å². The summed E-state index contributed by atoms with van der Waals surface area (Å²) in [4.78, 5) is 32.5. The van der Waals surface area contributed by atoms with Gasteiger partial charge in [-0.25, -0.2) is 15.2 Å². The topological polar surface area (TPSA) is 93.5 Å². The van der Waals surface area contributed by atoms with Crippen molar-refractivity contribution in [2.24, 2.45) is 5.10 Å². The number of ether oxygens (including phenoxy) is 1. The zero-order chi connectivity index (χ0) is 20.9. The van der Waals surface area contributed by atoms with Crippen LogP contribution in [0.2, 0.25) is 5.02 Å². The molecule has 2 heterocycles. The maximum Gasteiger partial charge on any atom is 0.355 e. The lowest BCUT2D eigenvalue weighted by Crippen LogP contribution is -2.19. The monoisotopic (exact) mass is 436 g/mol. The molecule has 0 saturated carbocycles. The fraction of sp³-hybridized carbons (Fsp3) is 0. The third kappa shape index (κ3) is 4.35. The van der Waals surface area contributed by atoms with Crippen LogP contribution in [0.5, 0.6) is 5.75 Å². The maximum atomic E-state index is 12.6. The number of amides is 1. The summed E-state index contributed by atoms with van der Waals surface area (Å²) in [7, 11) is 0. The van der Waals surface area contributed by atoms with E-state index in [1.807, 2.05) is 24.3 Å². The Kier molecular flexibility index (Phi) is 5.78. The first-order valence-corrected chi connectivity index (χ1v) is 9.90. The third-order valence-electron chi connectivity index (χ3n) is 3.96. The lowest BCUT2D eigenvalue weighted by molar-refractivity contribution is 0.0740. The van der Waals surface area contributed by atoms with Crippen molar-refractivity contribution in [3.8, 4) is 5.75 Å². The van der Waals surface area contributed by atoms with Crippen LogP contribution < -0.4 is 10.2 Å². The fourth-order valence-corrected chi connectivity index (χ4v) is 3.98. The van der Waals surface area contributed by atoms with Gasteiger partial charge in [-0.1, -0.05) is 41.9 Å². The van der Waals surface area contributed by atoms with E-state index in [1.165, 1.54) is 36.1 Å². The van der Waals surface area contributed by atoms with Crippen molar-refractivity contribution >= 4 is 51.1 Å².